The summed E-state index contributed by atoms with van der Waals surface area (Å²) >= 11 is 12.6. The molecule has 1 N–H and O–H groups in total. The molecule has 25 heavy (non-hydrogen) atoms. The average molecular weight is 403 g/mol. The van der Waals surface area contributed by atoms with E-state index >= 15 is 0 Å². The van der Waals surface area contributed by atoms with Crippen molar-refractivity contribution in [3.63, 3.8) is 0 Å². The van der Waals surface area contributed by atoms with Crippen molar-refractivity contribution in [3.05, 3.63) is 60.9 Å². The van der Waals surface area contributed by atoms with Crippen LogP contribution in [-0.2, 0) is 9.53 Å². The molecule has 1 aromatic heterocycles. The average Bonchev–Trinajstić information content (AvgIpc) is 3.02. The van der Waals surface area contributed by atoms with Gasteiger partial charge in [-0.25, -0.2) is 4.79 Å². The van der Waals surface area contributed by atoms with E-state index in [0.29, 0.717) is 26.9 Å². The predicted molar refractivity (Wildman–Crippen MR) is 94.3 cm³/mol. The van der Waals surface area contributed by atoms with Crippen LogP contribution in [0.4, 0.5) is 5.00 Å². The maximum Gasteiger partial charge on any atom is 0.349 e. The first-order chi connectivity index (χ1) is 11.8. The summed E-state index contributed by atoms with van der Waals surface area (Å²) < 4.78 is 4.85. The van der Waals surface area contributed by atoms with Crippen molar-refractivity contribution in [3.8, 4) is 0 Å². The van der Waals surface area contributed by atoms with Gasteiger partial charge in [-0.05, 0) is 30.7 Å². The normalized spacial score (nSPS) is 11.6. The molecule has 1 amide bonds. The number of halogens is 2. The van der Waals surface area contributed by atoms with Crippen LogP contribution in [0.15, 0.2) is 30.3 Å². The first-order valence-corrected chi connectivity index (χ1v) is 8.51. The van der Waals surface area contributed by atoms with Gasteiger partial charge >= 0.3 is 11.0 Å². The zero-order valence-electron chi connectivity index (χ0n) is 12.8. The summed E-state index contributed by atoms with van der Waals surface area (Å²) in [5, 5.41) is 13.9. The minimum absolute atomic E-state index is 0.0493. The fourth-order valence-electron chi connectivity index (χ4n) is 1.95. The van der Waals surface area contributed by atoms with Crippen LogP contribution in [0.2, 0.25) is 10.0 Å². The summed E-state index contributed by atoms with van der Waals surface area (Å²) in [5.74, 6) is -1.33. The summed E-state index contributed by atoms with van der Waals surface area (Å²) in [6.45, 7) is 1.21. The Bertz CT molecular complexity index is 824. The summed E-state index contributed by atoms with van der Waals surface area (Å²) in [4.78, 5) is 33.7. The van der Waals surface area contributed by atoms with E-state index in [4.69, 9.17) is 27.9 Å². The van der Waals surface area contributed by atoms with E-state index < -0.39 is 29.4 Å². The first kappa shape index (κ1) is 19.2. The molecular formula is C15H12Cl2N2O5S. The van der Waals surface area contributed by atoms with E-state index in [0.717, 1.165) is 0 Å². The summed E-state index contributed by atoms with van der Waals surface area (Å²) in [6, 6.07) is 6.95. The lowest BCUT2D eigenvalue weighted by Gasteiger charge is -2.16. The number of nitro groups is 1. The van der Waals surface area contributed by atoms with Gasteiger partial charge in [0.25, 0.3) is 5.91 Å². The molecule has 1 unspecified atom stereocenters. The molecule has 0 bridgehead atoms. The Morgan fingerprint density at radius 1 is 1.32 bits per heavy atom. The highest BCUT2D eigenvalue weighted by Crippen LogP contribution is 2.26. The third-order valence-electron chi connectivity index (χ3n) is 3.11. The minimum atomic E-state index is -0.801. The fraction of sp³-hybridized carbons (Fsp3) is 0.200. The van der Waals surface area contributed by atoms with Crippen LogP contribution in [0.5, 0.6) is 0 Å². The molecule has 0 saturated heterocycles. The van der Waals surface area contributed by atoms with Crippen molar-refractivity contribution in [2.24, 2.45) is 0 Å². The number of thiophene rings is 1. The Labute approximate surface area is 156 Å². The molecule has 0 fully saturated rings. The molecule has 0 radical (unpaired) electrons. The quantitative estimate of drug-likeness (QED) is 0.447. The Morgan fingerprint density at radius 3 is 2.64 bits per heavy atom. The second-order valence-electron chi connectivity index (χ2n) is 4.93. The number of nitrogens with one attached hydrogen (secondary N) is 1. The van der Waals surface area contributed by atoms with Crippen molar-refractivity contribution >= 4 is 51.4 Å². The molecule has 1 heterocycles. The van der Waals surface area contributed by atoms with E-state index in [2.05, 4.69) is 5.32 Å². The zero-order chi connectivity index (χ0) is 18.6. The van der Waals surface area contributed by atoms with Gasteiger partial charge in [-0.2, -0.15) is 0 Å². The number of carbonyl (C=O) groups excluding carboxylic acids is 2. The molecule has 0 saturated carbocycles. The van der Waals surface area contributed by atoms with E-state index in [9.17, 15) is 19.7 Å². The predicted octanol–water partition coefficient (Wildman–Crippen LogP) is 4.00. The van der Waals surface area contributed by atoms with Crippen molar-refractivity contribution in [2.75, 3.05) is 6.61 Å². The van der Waals surface area contributed by atoms with E-state index in [1.54, 1.807) is 25.1 Å². The van der Waals surface area contributed by atoms with Gasteiger partial charge in [0.15, 0.2) is 6.61 Å². The highest BCUT2D eigenvalue weighted by molar-refractivity contribution is 7.17. The monoisotopic (exact) mass is 402 g/mol. The molecule has 10 heteroatoms. The third kappa shape index (κ3) is 5.15. The van der Waals surface area contributed by atoms with Gasteiger partial charge in [-0.3, -0.25) is 14.9 Å². The van der Waals surface area contributed by atoms with Crippen molar-refractivity contribution in [1.82, 2.24) is 5.32 Å². The second kappa shape index (κ2) is 8.28. The van der Waals surface area contributed by atoms with Gasteiger partial charge in [0.05, 0.1) is 11.0 Å². The molecule has 0 aliphatic heterocycles. The number of hydrogen-bond acceptors (Lipinski definition) is 6. The lowest BCUT2D eigenvalue weighted by molar-refractivity contribution is -0.380. The highest BCUT2D eigenvalue weighted by atomic mass is 35.5. The molecule has 132 valence electrons. The van der Waals surface area contributed by atoms with Crippen LogP contribution in [0, 0.1) is 10.1 Å². The van der Waals surface area contributed by atoms with E-state index in [1.807, 2.05) is 0 Å². The number of ether oxygens (including phenoxy) is 1. The van der Waals surface area contributed by atoms with E-state index in [-0.39, 0.29) is 9.88 Å². The zero-order valence-corrected chi connectivity index (χ0v) is 15.2. The van der Waals surface area contributed by atoms with Gasteiger partial charge in [0, 0.05) is 16.1 Å². The number of esters is 1. The lowest BCUT2D eigenvalue weighted by Crippen LogP contribution is -2.31. The van der Waals surface area contributed by atoms with Gasteiger partial charge < -0.3 is 10.1 Å². The van der Waals surface area contributed by atoms with Crippen LogP contribution in [0.3, 0.4) is 0 Å². The second-order valence-corrected chi connectivity index (χ2v) is 6.83. The molecule has 0 aliphatic carbocycles. The van der Waals surface area contributed by atoms with Crippen LogP contribution in [-0.4, -0.2) is 23.4 Å². The fourth-order valence-corrected chi connectivity index (χ4v) is 3.24. The first-order valence-electron chi connectivity index (χ1n) is 6.93. The largest absolute Gasteiger partial charge is 0.451 e. The number of benzene rings is 1. The number of nitrogens with zero attached hydrogens (tertiary/aromatic N) is 1. The van der Waals surface area contributed by atoms with Crippen LogP contribution >= 0.6 is 34.5 Å². The standard InChI is InChI=1S/C15H12Cl2N2O5S/c1-8(10-3-2-9(16)6-11(10)17)18-13(20)7-24-15(21)12-4-5-14(25-12)19(22)23/h2-6,8H,7H2,1H3,(H,18,20). The van der Waals surface area contributed by atoms with Gasteiger partial charge in [-0.15, -0.1) is 0 Å². The van der Waals surface area contributed by atoms with Gasteiger partial charge in [0.2, 0.25) is 0 Å². The molecule has 7 nitrogen and oxygen atoms in total. The van der Waals surface area contributed by atoms with Gasteiger partial charge in [0.1, 0.15) is 4.88 Å². The number of carbonyl (C=O) groups is 2. The highest BCUT2D eigenvalue weighted by Gasteiger charge is 2.18. The summed E-state index contributed by atoms with van der Waals surface area (Å²) in [7, 11) is 0. The third-order valence-corrected chi connectivity index (χ3v) is 4.69. The summed E-state index contributed by atoms with van der Waals surface area (Å²) in [5.41, 5.74) is 0.666. The molecular weight excluding hydrogens is 391 g/mol. The maximum absolute atomic E-state index is 11.9. The Balaban J connectivity index is 1.89. The number of hydrogen-bond donors (Lipinski definition) is 1. The maximum atomic E-state index is 11.9. The van der Waals surface area contributed by atoms with Crippen molar-refractivity contribution in [1.29, 1.82) is 0 Å². The van der Waals surface area contributed by atoms with E-state index in [1.165, 1.54) is 12.1 Å². The minimum Gasteiger partial charge on any atom is -0.451 e. The Morgan fingerprint density at radius 2 is 2.04 bits per heavy atom. The lowest BCUT2D eigenvalue weighted by atomic mass is 10.1. The smallest absolute Gasteiger partial charge is 0.349 e. The van der Waals surface area contributed by atoms with Crippen LogP contribution in [0.1, 0.15) is 28.2 Å². The summed E-state index contributed by atoms with van der Waals surface area (Å²) in [6.07, 6.45) is 0. The van der Waals surface area contributed by atoms with Crippen molar-refractivity contribution in [2.45, 2.75) is 13.0 Å². The topological polar surface area (TPSA) is 98.5 Å². The van der Waals surface area contributed by atoms with Gasteiger partial charge in [-0.1, -0.05) is 40.6 Å². The van der Waals surface area contributed by atoms with Crippen LogP contribution in [0.25, 0.3) is 0 Å². The Kier molecular flexibility index (Phi) is 6.35. The SMILES string of the molecule is CC(NC(=O)COC(=O)c1ccc([N+](=O)[O-])s1)c1ccc(Cl)cc1Cl. The molecule has 1 atom stereocenters. The Hall–Kier alpha value is -2.16. The number of rotatable bonds is 6. The van der Waals surface area contributed by atoms with Crippen LogP contribution < -0.4 is 5.32 Å². The molecule has 2 rings (SSSR count). The molecule has 2 aromatic rings. The number of amides is 1. The molecule has 0 spiro atoms. The molecule has 0 aliphatic rings. The van der Waals surface area contributed by atoms with Crippen molar-refractivity contribution < 1.29 is 19.2 Å². The molecule has 1 aromatic carbocycles.